The van der Waals surface area contributed by atoms with Gasteiger partial charge in [-0.25, -0.2) is 0 Å². The molecule has 0 bridgehead atoms. The van der Waals surface area contributed by atoms with E-state index in [1.165, 1.54) is 11.1 Å². The van der Waals surface area contributed by atoms with Gasteiger partial charge in [0.15, 0.2) is 0 Å². The van der Waals surface area contributed by atoms with Crippen LogP contribution in [0.15, 0.2) is 36.0 Å². The number of hydrogen-bond donors (Lipinski definition) is 1. The van der Waals surface area contributed by atoms with Crippen molar-refractivity contribution in [2.24, 2.45) is 17.1 Å². The molecule has 0 spiro atoms. The average molecular weight is 221 g/mol. The van der Waals surface area contributed by atoms with Gasteiger partial charge in [0.1, 0.15) is 0 Å². The van der Waals surface area contributed by atoms with Crippen LogP contribution in [0, 0.1) is 11.3 Å². The van der Waals surface area contributed by atoms with Crippen LogP contribution in [0.1, 0.15) is 41.0 Å². The van der Waals surface area contributed by atoms with Crippen molar-refractivity contribution in [2.45, 2.75) is 41.0 Å². The molecule has 0 aromatic rings. The van der Waals surface area contributed by atoms with Crippen molar-refractivity contribution in [3.63, 3.8) is 0 Å². The van der Waals surface area contributed by atoms with Crippen molar-refractivity contribution in [3.8, 4) is 0 Å². The zero-order valence-corrected chi connectivity index (χ0v) is 11.5. The van der Waals surface area contributed by atoms with E-state index in [1.807, 2.05) is 13.0 Å². The third-order valence-electron chi connectivity index (χ3n) is 2.70. The minimum Gasteiger partial charge on any atom is -0.330 e. The van der Waals surface area contributed by atoms with Gasteiger partial charge in [0, 0.05) is 0 Å². The minimum absolute atomic E-state index is 0.302. The van der Waals surface area contributed by atoms with Crippen LogP contribution in [0.25, 0.3) is 0 Å². The van der Waals surface area contributed by atoms with Gasteiger partial charge in [0.2, 0.25) is 0 Å². The van der Waals surface area contributed by atoms with Gasteiger partial charge >= 0.3 is 0 Å². The van der Waals surface area contributed by atoms with E-state index in [2.05, 4.69) is 46.4 Å². The molecule has 0 aliphatic carbocycles. The van der Waals surface area contributed by atoms with Crippen molar-refractivity contribution in [2.75, 3.05) is 6.54 Å². The Morgan fingerprint density at radius 3 is 2.25 bits per heavy atom. The lowest BCUT2D eigenvalue weighted by Crippen LogP contribution is -2.22. The lowest BCUT2D eigenvalue weighted by Gasteiger charge is -2.26. The SMILES string of the molecule is C=C/C(=C\C(C)=C/C)C(CN)CC(C)(C)C. The molecule has 16 heavy (non-hydrogen) atoms. The second-order valence-corrected chi connectivity index (χ2v) is 5.58. The number of rotatable bonds is 5. The summed E-state index contributed by atoms with van der Waals surface area (Å²) in [5.41, 5.74) is 8.69. The first-order valence-electron chi connectivity index (χ1n) is 6.01. The van der Waals surface area contributed by atoms with Crippen LogP contribution < -0.4 is 5.73 Å². The van der Waals surface area contributed by atoms with Crippen molar-refractivity contribution in [1.82, 2.24) is 0 Å². The molecule has 0 aliphatic heterocycles. The van der Waals surface area contributed by atoms with Crippen LogP contribution in [0.4, 0.5) is 0 Å². The third kappa shape index (κ3) is 5.92. The van der Waals surface area contributed by atoms with Gasteiger partial charge in [0.25, 0.3) is 0 Å². The Morgan fingerprint density at radius 1 is 1.38 bits per heavy atom. The molecular formula is C15H27N. The van der Waals surface area contributed by atoms with E-state index in [0.29, 0.717) is 17.9 Å². The van der Waals surface area contributed by atoms with E-state index in [-0.39, 0.29) is 0 Å². The first kappa shape index (κ1) is 15.2. The summed E-state index contributed by atoms with van der Waals surface area (Å²) in [5.74, 6) is 0.410. The van der Waals surface area contributed by atoms with E-state index in [9.17, 15) is 0 Å². The Morgan fingerprint density at radius 2 is 1.94 bits per heavy atom. The Kier molecular flexibility index (Phi) is 6.35. The summed E-state index contributed by atoms with van der Waals surface area (Å²) in [4.78, 5) is 0. The molecule has 0 aliphatic rings. The molecule has 0 rings (SSSR count). The highest BCUT2D eigenvalue weighted by molar-refractivity contribution is 5.30. The van der Waals surface area contributed by atoms with Gasteiger partial charge in [-0.05, 0) is 43.7 Å². The summed E-state index contributed by atoms with van der Waals surface area (Å²) in [6.45, 7) is 15.5. The van der Waals surface area contributed by atoms with Crippen LogP contribution in [0.3, 0.4) is 0 Å². The monoisotopic (exact) mass is 221 g/mol. The normalized spacial score (nSPS) is 16.1. The summed E-state index contributed by atoms with van der Waals surface area (Å²) >= 11 is 0. The highest BCUT2D eigenvalue weighted by atomic mass is 14.6. The molecule has 0 aromatic heterocycles. The second-order valence-electron chi connectivity index (χ2n) is 5.58. The Bertz CT molecular complexity index is 276. The van der Waals surface area contributed by atoms with Gasteiger partial charge in [-0.2, -0.15) is 0 Å². The molecular weight excluding hydrogens is 194 g/mol. The van der Waals surface area contributed by atoms with Crippen LogP contribution >= 0.6 is 0 Å². The number of allylic oxidation sites excluding steroid dienone is 4. The summed E-state index contributed by atoms with van der Waals surface area (Å²) in [6.07, 6.45) is 7.33. The smallest absolute Gasteiger partial charge is 0.000804 e. The molecule has 0 fully saturated rings. The quantitative estimate of drug-likeness (QED) is 0.696. The molecule has 0 amide bonds. The summed E-state index contributed by atoms with van der Waals surface area (Å²) in [6, 6.07) is 0. The second kappa shape index (κ2) is 6.70. The maximum absolute atomic E-state index is 5.87. The Balaban J connectivity index is 4.91. The van der Waals surface area contributed by atoms with Crippen LogP contribution in [0.5, 0.6) is 0 Å². The van der Waals surface area contributed by atoms with Gasteiger partial charge in [-0.15, -0.1) is 0 Å². The fraction of sp³-hybridized carbons (Fsp3) is 0.600. The Hall–Kier alpha value is -0.820. The maximum Gasteiger partial charge on any atom is -0.000804 e. The molecule has 0 saturated heterocycles. The molecule has 0 aromatic carbocycles. The summed E-state index contributed by atoms with van der Waals surface area (Å²) < 4.78 is 0. The van der Waals surface area contributed by atoms with Crippen LogP contribution in [-0.4, -0.2) is 6.54 Å². The van der Waals surface area contributed by atoms with Gasteiger partial charge in [0.05, 0.1) is 0 Å². The molecule has 1 unspecified atom stereocenters. The number of hydrogen-bond acceptors (Lipinski definition) is 1. The molecule has 2 N–H and O–H groups in total. The third-order valence-corrected chi connectivity index (χ3v) is 2.70. The largest absolute Gasteiger partial charge is 0.330 e. The van der Waals surface area contributed by atoms with Crippen LogP contribution in [-0.2, 0) is 0 Å². The van der Waals surface area contributed by atoms with Crippen molar-refractivity contribution in [3.05, 3.63) is 36.0 Å². The van der Waals surface area contributed by atoms with Crippen molar-refractivity contribution in [1.29, 1.82) is 0 Å². The number of nitrogens with two attached hydrogens (primary N) is 1. The molecule has 0 saturated carbocycles. The zero-order valence-electron chi connectivity index (χ0n) is 11.5. The molecule has 1 heteroatoms. The summed E-state index contributed by atoms with van der Waals surface area (Å²) in [5, 5.41) is 0. The topological polar surface area (TPSA) is 26.0 Å². The maximum atomic E-state index is 5.87. The highest BCUT2D eigenvalue weighted by Gasteiger charge is 2.19. The Labute approximate surface area is 101 Å². The zero-order chi connectivity index (χ0) is 12.8. The van der Waals surface area contributed by atoms with E-state index >= 15 is 0 Å². The standard InChI is InChI=1S/C15H27N/c1-7-12(3)9-13(8-2)14(11-16)10-15(4,5)6/h7-9,14H,2,10-11,16H2,1,3-6H3/b12-7-,13-9+. The lowest BCUT2D eigenvalue weighted by molar-refractivity contribution is 0.323. The molecule has 1 nitrogen and oxygen atoms in total. The fourth-order valence-electron chi connectivity index (χ4n) is 1.77. The van der Waals surface area contributed by atoms with E-state index < -0.39 is 0 Å². The molecule has 0 radical (unpaired) electrons. The van der Waals surface area contributed by atoms with E-state index in [1.54, 1.807) is 0 Å². The lowest BCUT2D eigenvalue weighted by atomic mass is 9.81. The van der Waals surface area contributed by atoms with E-state index in [4.69, 9.17) is 5.73 Å². The first-order valence-corrected chi connectivity index (χ1v) is 6.01. The first-order chi connectivity index (χ1) is 7.34. The molecule has 92 valence electrons. The molecule has 0 heterocycles. The minimum atomic E-state index is 0.302. The van der Waals surface area contributed by atoms with Crippen molar-refractivity contribution < 1.29 is 0 Å². The highest BCUT2D eigenvalue weighted by Crippen LogP contribution is 2.29. The van der Waals surface area contributed by atoms with Crippen molar-refractivity contribution >= 4 is 0 Å². The predicted octanol–water partition coefficient (Wildman–Crippen LogP) is 4.08. The predicted molar refractivity (Wildman–Crippen MR) is 74.3 cm³/mol. The van der Waals surface area contributed by atoms with Crippen LogP contribution in [0.2, 0.25) is 0 Å². The molecule has 1 atom stereocenters. The average Bonchev–Trinajstić information content (AvgIpc) is 2.21. The van der Waals surface area contributed by atoms with Gasteiger partial charge in [-0.3, -0.25) is 0 Å². The van der Waals surface area contributed by atoms with E-state index in [0.717, 1.165) is 6.42 Å². The fourth-order valence-corrected chi connectivity index (χ4v) is 1.77. The van der Waals surface area contributed by atoms with Gasteiger partial charge < -0.3 is 5.73 Å². The van der Waals surface area contributed by atoms with Gasteiger partial charge in [-0.1, -0.05) is 51.2 Å². The summed E-state index contributed by atoms with van der Waals surface area (Å²) in [7, 11) is 0.